The molecule has 0 spiro atoms. The van der Waals surface area contributed by atoms with Gasteiger partial charge in [0.1, 0.15) is 0 Å². The Hall–Kier alpha value is -1.29. The Labute approximate surface area is 99.9 Å². The summed E-state index contributed by atoms with van der Waals surface area (Å²) in [7, 11) is 0. The maximum Gasteiger partial charge on any atom is 0.385 e. The lowest BCUT2D eigenvalue weighted by Gasteiger charge is -2.12. The molecule has 1 N–H and O–H groups in total. The first-order chi connectivity index (χ1) is 7.56. The Bertz CT molecular complexity index is 457. The van der Waals surface area contributed by atoms with E-state index in [1.807, 2.05) is 22.9 Å². The molecule has 0 aliphatic carbocycles. The van der Waals surface area contributed by atoms with E-state index in [1.165, 1.54) is 0 Å². The predicted molar refractivity (Wildman–Crippen MR) is 65.7 cm³/mol. The third-order valence-corrected chi connectivity index (χ3v) is 3.05. The van der Waals surface area contributed by atoms with Crippen LogP contribution in [0.4, 0.5) is 0 Å². The van der Waals surface area contributed by atoms with Gasteiger partial charge in [0.05, 0.1) is 0 Å². The van der Waals surface area contributed by atoms with Gasteiger partial charge in [0.15, 0.2) is 5.69 Å². The minimum Gasteiger partial charge on any atom is -0.188 e. The van der Waals surface area contributed by atoms with Gasteiger partial charge in [-0.25, -0.2) is 0 Å². The van der Waals surface area contributed by atoms with Crippen LogP contribution in [0.1, 0.15) is 20.8 Å². The summed E-state index contributed by atoms with van der Waals surface area (Å²) in [4.78, 5) is 4.35. The van der Waals surface area contributed by atoms with Gasteiger partial charge < -0.3 is 0 Å². The fraction of sp³-hybridized carbons (Fsp3) is 0.333. The van der Waals surface area contributed by atoms with Crippen molar-refractivity contribution < 1.29 is 4.68 Å². The van der Waals surface area contributed by atoms with E-state index in [4.69, 9.17) is 0 Å². The molecule has 2 rings (SSSR count). The average molecular weight is 234 g/mol. The summed E-state index contributed by atoms with van der Waals surface area (Å²) in [6, 6.07) is 10.2. The van der Waals surface area contributed by atoms with Crippen LogP contribution in [0, 0.1) is 0 Å². The second-order valence-electron chi connectivity index (χ2n) is 4.56. The first-order valence-electron chi connectivity index (χ1n) is 5.26. The van der Waals surface area contributed by atoms with Crippen molar-refractivity contribution in [3.8, 4) is 5.69 Å². The summed E-state index contributed by atoms with van der Waals surface area (Å²) < 4.78 is 2.15. The van der Waals surface area contributed by atoms with E-state index in [0.717, 1.165) is 10.8 Å². The van der Waals surface area contributed by atoms with Crippen LogP contribution in [0.15, 0.2) is 41.8 Å². The zero-order valence-electron chi connectivity index (χ0n) is 9.77. The molecule has 0 amide bonds. The van der Waals surface area contributed by atoms with E-state index in [1.54, 1.807) is 18.1 Å². The van der Waals surface area contributed by atoms with Crippen molar-refractivity contribution >= 4 is 11.8 Å². The average Bonchev–Trinajstić information content (AvgIpc) is 2.64. The van der Waals surface area contributed by atoms with Crippen molar-refractivity contribution in [2.24, 2.45) is 0 Å². The van der Waals surface area contributed by atoms with Gasteiger partial charge in [-0.2, -0.15) is 5.10 Å². The normalized spacial score (nSPS) is 11.7. The Morgan fingerprint density at radius 1 is 1.19 bits per heavy atom. The fourth-order valence-corrected chi connectivity index (χ4v) is 2.27. The molecule has 0 fully saturated rings. The molecular weight excluding hydrogens is 218 g/mol. The highest BCUT2D eigenvalue weighted by Gasteiger charge is 2.24. The number of para-hydroxylation sites is 1. The summed E-state index contributed by atoms with van der Waals surface area (Å²) in [5.41, 5.74) is 1.10. The molecule has 1 aromatic carbocycles. The minimum atomic E-state index is 0.158. The summed E-state index contributed by atoms with van der Waals surface area (Å²) in [5, 5.41) is 4.11. The maximum atomic E-state index is 4.35. The molecule has 0 unspecified atom stereocenters. The quantitative estimate of drug-likeness (QED) is 0.640. The van der Waals surface area contributed by atoms with Gasteiger partial charge in [0.25, 0.3) is 0 Å². The number of H-pyrrole nitrogens is 1. The zero-order chi connectivity index (χ0) is 11.6. The van der Waals surface area contributed by atoms with E-state index >= 15 is 0 Å². The van der Waals surface area contributed by atoms with Gasteiger partial charge >= 0.3 is 5.16 Å². The lowest BCUT2D eigenvalue weighted by molar-refractivity contribution is -0.694. The number of thioether (sulfide) groups is 1. The van der Waals surface area contributed by atoms with Crippen LogP contribution in [0.5, 0.6) is 0 Å². The molecule has 0 aliphatic rings. The predicted octanol–water partition coefficient (Wildman–Crippen LogP) is 2.58. The molecule has 84 valence electrons. The smallest absolute Gasteiger partial charge is 0.188 e. The Kier molecular flexibility index (Phi) is 3.01. The van der Waals surface area contributed by atoms with Gasteiger partial charge in [0.2, 0.25) is 6.33 Å². The second-order valence-corrected chi connectivity index (χ2v) is 6.35. The third-order valence-electron chi connectivity index (χ3n) is 1.96. The summed E-state index contributed by atoms with van der Waals surface area (Å²) >= 11 is 1.75. The van der Waals surface area contributed by atoms with E-state index in [0.29, 0.717) is 0 Å². The van der Waals surface area contributed by atoms with Crippen LogP contribution in [-0.2, 0) is 0 Å². The highest BCUT2D eigenvalue weighted by molar-refractivity contribution is 8.00. The number of nitrogens with one attached hydrogen (secondary N) is 1. The van der Waals surface area contributed by atoms with Crippen LogP contribution < -0.4 is 4.68 Å². The van der Waals surface area contributed by atoms with Crippen molar-refractivity contribution in [2.45, 2.75) is 30.7 Å². The number of nitrogens with zero attached hydrogens (tertiary/aromatic N) is 2. The van der Waals surface area contributed by atoms with Crippen molar-refractivity contribution in [1.82, 2.24) is 10.1 Å². The number of hydrogen-bond acceptors (Lipinski definition) is 2. The Morgan fingerprint density at radius 2 is 1.88 bits per heavy atom. The number of rotatable bonds is 2. The molecule has 0 bridgehead atoms. The number of aromatic amines is 1. The van der Waals surface area contributed by atoms with Crippen LogP contribution in [0.2, 0.25) is 0 Å². The molecule has 0 saturated heterocycles. The highest BCUT2D eigenvalue weighted by Crippen LogP contribution is 2.28. The first-order valence-corrected chi connectivity index (χ1v) is 6.08. The van der Waals surface area contributed by atoms with Crippen molar-refractivity contribution in [3.05, 3.63) is 36.7 Å². The summed E-state index contributed by atoms with van der Waals surface area (Å²) in [5.74, 6) is 0. The van der Waals surface area contributed by atoms with Crippen molar-refractivity contribution in [2.75, 3.05) is 0 Å². The summed E-state index contributed by atoms with van der Waals surface area (Å²) in [6.45, 7) is 6.55. The van der Waals surface area contributed by atoms with Crippen molar-refractivity contribution in [3.63, 3.8) is 0 Å². The maximum absolute atomic E-state index is 4.35. The second kappa shape index (κ2) is 4.29. The molecule has 16 heavy (non-hydrogen) atoms. The Balaban J connectivity index is 2.33. The monoisotopic (exact) mass is 234 g/mol. The van der Waals surface area contributed by atoms with Gasteiger partial charge in [-0.1, -0.05) is 39.0 Å². The van der Waals surface area contributed by atoms with E-state index in [-0.39, 0.29) is 4.75 Å². The molecule has 4 heteroatoms. The highest BCUT2D eigenvalue weighted by atomic mass is 32.2. The van der Waals surface area contributed by atoms with E-state index in [9.17, 15) is 0 Å². The first kappa shape index (κ1) is 11.2. The third kappa shape index (κ3) is 2.64. The van der Waals surface area contributed by atoms with Gasteiger partial charge in [0, 0.05) is 4.75 Å². The van der Waals surface area contributed by atoms with Crippen molar-refractivity contribution in [1.29, 1.82) is 0 Å². The molecule has 0 radical (unpaired) electrons. The molecule has 2 aromatic rings. The topological polar surface area (TPSA) is 32.6 Å². The largest absolute Gasteiger partial charge is 0.385 e. The van der Waals surface area contributed by atoms with E-state index < -0.39 is 0 Å². The Morgan fingerprint density at radius 3 is 2.50 bits per heavy atom. The molecule has 1 aromatic heterocycles. The number of benzene rings is 1. The molecule has 0 saturated carbocycles. The standard InChI is InChI=1S/C12H15N3S/c1-12(2,3)16-11-13-9-14-15(11)10-7-5-4-6-8-10/h4-9H,1-3H3/p+1. The van der Waals surface area contributed by atoms with Crippen LogP contribution >= 0.6 is 11.8 Å². The lowest BCUT2D eigenvalue weighted by Crippen LogP contribution is -2.35. The molecular formula is C12H16N3S+. The lowest BCUT2D eigenvalue weighted by atomic mass is 10.3. The van der Waals surface area contributed by atoms with Crippen LogP contribution in [0.25, 0.3) is 5.69 Å². The van der Waals surface area contributed by atoms with E-state index in [2.05, 4.69) is 43.0 Å². The number of hydrogen-bond donors (Lipinski definition) is 1. The van der Waals surface area contributed by atoms with Gasteiger partial charge in [-0.3, -0.25) is 0 Å². The molecule has 3 nitrogen and oxygen atoms in total. The molecule has 1 heterocycles. The zero-order valence-corrected chi connectivity index (χ0v) is 10.6. The molecule has 0 atom stereocenters. The summed E-state index contributed by atoms with van der Waals surface area (Å²) in [6.07, 6.45) is 1.72. The minimum absolute atomic E-state index is 0.158. The molecule has 0 aliphatic heterocycles. The van der Waals surface area contributed by atoms with Gasteiger partial charge in [-0.15, -0.1) is 4.68 Å². The SMILES string of the molecule is CC(C)(C)Sc1nc[nH][n+]1-c1ccccc1. The van der Waals surface area contributed by atoms with Gasteiger partial charge in [-0.05, 0) is 28.9 Å². The number of aromatic nitrogens is 3. The fourth-order valence-electron chi connectivity index (χ4n) is 1.36. The van der Waals surface area contributed by atoms with Crippen LogP contribution in [0.3, 0.4) is 0 Å². The van der Waals surface area contributed by atoms with Crippen LogP contribution in [-0.4, -0.2) is 14.8 Å².